The van der Waals surface area contributed by atoms with Crippen molar-refractivity contribution >= 4 is 31.7 Å². The highest BCUT2D eigenvalue weighted by Crippen LogP contribution is 2.24. The highest BCUT2D eigenvalue weighted by atomic mass is 79.9. The molecule has 0 bridgehead atoms. The molecule has 2 unspecified atom stereocenters. The molecule has 6 heteroatoms. The molecule has 1 aliphatic rings. The zero-order valence-corrected chi connectivity index (χ0v) is 13.9. The van der Waals surface area contributed by atoms with Gasteiger partial charge in [0.15, 0.2) is 9.84 Å². The Balaban J connectivity index is 2.14. The lowest BCUT2D eigenvalue weighted by molar-refractivity contribution is 0.0706. The van der Waals surface area contributed by atoms with E-state index in [-0.39, 0.29) is 10.8 Å². The number of piperidine rings is 1. The Morgan fingerprint density at radius 2 is 1.90 bits per heavy atom. The number of rotatable bonds is 2. The molecule has 110 valence electrons. The number of carbonyl (C=O) groups is 1. The summed E-state index contributed by atoms with van der Waals surface area (Å²) in [4.78, 5) is 14.7. The van der Waals surface area contributed by atoms with Crippen LogP contribution in [0.3, 0.4) is 0 Å². The number of likely N-dealkylation sites (tertiary alicyclic amines) is 1. The van der Waals surface area contributed by atoms with Crippen molar-refractivity contribution in [2.75, 3.05) is 19.3 Å². The first-order valence-electron chi connectivity index (χ1n) is 6.52. The maximum absolute atomic E-state index is 12.4. The van der Waals surface area contributed by atoms with Crippen molar-refractivity contribution in [2.45, 2.75) is 23.1 Å². The number of carbonyl (C=O) groups excluding carboxylic acids is 1. The lowest BCUT2D eigenvalue weighted by Crippen LogP contribution is -2.43. The monoisotopic (exact) mass is 359 g/mol. The summed E-state index contributed by atoms with van der Waals surface area (Å²) >= 11 is 3.60. The van der Waals surface area contributed by atoms with Crippen LogP contribution in [-0.4, -0.2) is 43.4 Å². The fourth-order valence-corrected chi connectivity index (χ4v) is 3.48. The van der Waals surface area contributed by atoms with E-state index in [1.54, 1.807) is 12.1 Å². The van der Waals surface area contributed by atoms with Gasteiger partial charge in [-0.05, 0) is 36.6 Å². The Hall–Kier alpha value is -0.880. The topological polar surface area (TPSA) is 54.5 Å². The number of alkyl halides is 1. The molecule has 0 saturated carbocycles. The third-order valence-electron chi connectivity index (χ3n) is 3.68. The van der Waals surface area contributed by atoms with Crippen LogP contribution in [0.1, 0.15) is 23.7 Å². The van der Waals surface area contributed by atoms with Crippen molar-refractivity contribution in [3.63, 3.8) is 0 Å². The number of benzene rings is 1. The minimum atomic E-state index is -3.22. The van der Waals surface area contributed by atoms with Crippen molar-refractivity contribution in [3.8, 4) is 0 Å². The first-order valence-corrected chi connectivity index (χ1v) is 9.33. The third-order valence-corrected chi connectivity index (χ3v) is 6.00. The molecule has 0 N–H and O–H groups in total. The van der Waals surface area contributed by atoms with Gasteiger partial charge < -0.3 is 4.90 Å². The molecule has 1 saturated heterocycles. The molecule has 20 heavy (non-hydrogen) atoms. The predicted octanol–water partition coefficient (Wildman–Crippen LogP) is 2.34. The number of amides is 1. The summed E-state index contributed by atoms with van der Waals surface area (Å²) < 4.78 is 22.8. The summed E-state index contributed by atoms with van der Waals surface area (Å²) in [6.45, 7) is 3.60. The Kier molecular flexibility index (Phi) is 4.54. The normalized spacial score (nSPS) is 23.6. The summed E-state index contributed by atoms with van der Waals surface area (Å²) in [7, 11) is -3.22. The van der Waals surface area contributed by atoms with Crippen LogP contribution in [0.15, 0.2) is 29.2 Å². The van der Waals surface area contributed by atoms with Crippen molar-refractivity contribution in [1.29, 1.82) is 0 Å². The fourth-order valence-electron chi connectivity index (χ4n) is 2.23. The lowest BCUT2D eigenvalue weighted by atomic mass is 9.98. The first-order chi connectivity index (χ1) is 9.29. The van der Waals surface area contributed by atoms with Gasteiger partial charge in [-0.2, -0.15) is 0 Å². The molecule has 2 atom stereocenters. The Labute approximate surface area is 128 Å². The van der Waals surface area contributed by atoms with Gasteiger partial charge in [0, 0.05) is 29.7 Å². The van der Waals surface area contributed by atoms with Gasteiger partial charge in [0.1, 0.15) is 0 Å². The van der Waals surface area contributed by atoms with Crippen LogP contribution in [0.4, 0.5) is 0 Å². The van der Waals surface area contributed by atoms with Crippen molar-refractivity contribution in [1.82, 2.24) is 4.90 Å². The van der Waals surface area contributed by atoms with E-state index in [4.69, 9.17) is 0 Å². The van der Waals surface area contributed by atoms with Crippen molar-refractivity contribution in [3.05, 3.63) is 29.8 Å². The quantitative estimate of drug-likeness (QED) is 0.761. The number of hydrogen-bond acceptors (Lipinski definition) is 3. The molecular weight excluding hydrogens is 342 g/mol. The minimum absolute atomic E-state index is 0.0404. The van der Waals surface area contributed by atoms with E-state index >= 15 is 0 Å². The summed E-state index contributed by atoms with van der Waals surface area (Å²) in [6.07, 6.45) is 2.13. The molecular formula is C14H18BrNO3S. The van der Waals surface area contributed by atoms with E-state index in [1.165, 1.54) is 12.1 Å². The molecule has 1 aromatic rings. The minimum Gasteiger partial charge on any atom is -0.338 e. The molecule has 2 rings (SSSR count). The molecule has 1 heterocycles. The molecule has 0 aliphatic carbocycles. The van der Waals surface area contributed by atoms with E-state index in [1.807, 2.05) is 4.90 Å². The van der Waals surface area contributed by atoms with Gasteiger partial charge in [-0.25, -0.2) is 8.42 Å². The predicted molar refractivity (Wildman–Crippen MR) is 82.0 cm³/mol. The van der Waals surface area contributed by atoms with Crippen LogP contribution in [0.5, 0.6) is 0 Å². The average molecular weight is 360 g/mol. The van der Waals surface area contributed by atoms with Crippen molar-refractivity contribution < 1.29 is 13.2 Å². The second-order valence-corrected chi connectivity index (χ2v) is 8.52. The third kappa shape index (κ3) is 3.41. The second kappa shape index (κ2) is 5.85. The highest BCUT2D eigenvalue weighted by Gasteiger charge is 2.27. The van der Waals surface area contributed by atoms with Crippen LogP contribution in [0, 0.1) is 5.92 Å². The molecule has 0 spiro atoms. The summed E-state index contributed by atoms with van der Waals surface area (Å²) in [5.74, 6) is 0.521. The smallest absolute Gasteiger partial charge is 0.253 e. The Morgan fingerprint density at radius 1 is 1.30 bits per heavy atom. The molecule has 1 aliphatic heterocycles. The summed E-state index contributed by atoms with van der Waals surface area (Å²) in [5, 5.41) is 0. The highest BCUT2D eigenvalue weighted by molar-refractivity contribution is 9.09. The lowest BCUT2D eigenvalue weighted by Gasteiger charge is -2.34. The van der Waals surface area contributed by atoms with Gasteiger partial charge >= 0.3 is 0 Å². The summed E-state index contributed by atoms with van der Waals surface area (Å²) in [6, 6.07) is 6.14. The van der Waals surface area contributed by atoms with Gasteiger partial charge in [-0.15, -0.1) is 0 Å². The number of nitrogens with zero attached hydrogens (tertiary/aromatic N) is 1. The molecule has 1 amide bonds. The van der Waals surface area contributed by atoms with E-state index in [2.05, 4.69) is 22.9 Å². The van der Waals surface area contributed by atoms with Gasteiger partial charge in [-0.3, -0.25) is 4.79 Å². The van der Waals surface area contributed by atoms with Crippen LogP contribution in [-0.2, 0) is 9.84 Å². The van der Waals surface area contributed by atoms with Crippen LogP contribution >= 0.6 is 15.9 Å². The van der Waals surface area contributed by atoms with Gasteiger partial charge in [0.05, 0.1) is 4.90 Å². The molecule has 0 radical (unpaired) electrons. The van der Waals surface area contributed by atoms with E-state index in [0.717, 1.165) is 19.2 Å². The SMILES string of the molecule is CC1CCN(C(=O)c2ccc(S(C)(=O)=O)cc2)CC1Br. The molecule has 1 aromatic carbocycles. The Bertz CT molecular complexity index is 597. The maximum Gasteiger partial charge on any atom is 0.253 e. The van der Waals surface area contributed by atoms with Crippen LogP contribution < -0.4 is 0 Å². The van der Waals surface area contributed by atoms with Crippen LogP contribution in [0.25, 0.3) is 0 Å². The van der Waals surface area contributed by atoms with Gasteiger partial charge in [-0.1, -0.05) is 22.9 Å². The van der Waals surface area contributed by atoms with E-state index in [0.29, 0.717) is 22.9 Å². The number of halogens is 1. The fraction of sp³-hybridized carbons (Fsp3) is 0.500. The maximum atomic E-state index is 12.4. The average Bonchev–Trinajstić information content (AvgIpc) is 2.40. The number of sulfone groups is 1. The molecule has 1 fully saturated rings. The Morgan fingerprint density at radius 3 is 2.40 bits per heavy atom. The molecule has 4 nitrogen and oxygen atoms in total. The summed E-state index contributed by atoms with van der Waals surface area (Å²) in [5.41, 5.74) is 0.534. The first kappa shape index (κ1) is 15.5. The van der Waals surface area contributed by atoms with E-state index in [9.17, 15) is 13.2 Å². The van der Waals surface area contributed by atoms with Crippen LogP contribution in [0.2, 0.25) is 0 Å². The zero-order valence-electron chi connectivity index (χ0n) is 11.5. The largest absolute Gasteiger partial charge is 0.338 e. The molecule has 0 aromatic heterocycles. The van der Waals surface area contributed by atoms with Crippen molar-refractivity contribution in [2.24, 2.45) is 5.92 Å². The number of hydrogen-bond donors (Lipinski definition) is 0. The second-order valence-electron chi connectivity index (χ2n) is 5.33. The van der Waals surface area contributed by atoms with E-state index < -0.39 is 9.84 Å². The zero-order chi connectivity index (χ0) is 14.9. The van der Waals surface area contributed by atoms with Gasteiger partial charge in [0.25, 0.3) is 5.91 Å². The standard InChI is InChI=1S/C14H18BrNO3S/c1-10-7-8-16(9-13(10)15)14(17)11-3-5-12(6-4-11)20(2,18)19/h3-6,10,13H,7-9H2,1-2H3. The van der Waals surface area contributed by atoms with Gasteiger partial charge in [0.2, 0.25) is 0 Å².